The van der Waals surface area contributed by atoms with Gasteiger partial charge < -0.3 is 20.3 Å². The number of nitrogen functional groups attached to an aromatic ring is 1. The molecule has 0 aromatic heterocycles. The third-order valence-corrected chi connectivity index (χ3v) is 3.56. The quantitative estimate of drug-likeness (QED) is 0.800. The topological polar surface area (TPSA) is 85.0 Å². The number of carboxylic acid groups (broad SMARTS) is 1. The molecule has 1 aliphatic heterocycles. The lowest BCUT2D eigenvalue weighted by Crippen LogP contribution is -2.47. The van der Waals surface area contributed by atoms with Crippen LogP contribution in [0.2, 0.25) is 0 Å². The molecule has 0 aliphatic carbocycles. The maximum absolute atomic E-state index is 11.2. The molecule has 21 heavy (non-hydrogen) atoms. The number of morpholine rings is 1. The zero-order chi connectivity index (χ0) is 15.4. The Balaban J connectivity index is 1.98. The van der Waals surface area contributed by atoms with Gasteiger partial charge in [-0.3, -0.25) is 4.90 Å². The van der Waals surface area contributed by atoms with Gasteiger partial charge in [-0.1, -0.05) is 0 Å². The lowest BCUT2D eigenvalue weighted by atomic mass is 10.2. The first-order valence-electron chi connectivity index (χ1n) is 7.08. The lowest BCUT2D eigenvalue weighted by Gasteiger charge is -2.35. The van der Waals surface area contributed by atoms with E-state index in [1.165, 1.54) is 6.07 Å². The molecule has 1 fully saturated rings. The minimum atomic E-state index is -1.05. The molecule has 1 saturated heterocycles. The predicted octanol–water partition coefficient (Wildman–Crippen LogP) is 1.45. The minimum Gasteiger partial charge on any atom is -0.490 e. The van der Waals surface area contributed by atoms with Crippen molar-refractivity contribution in [1.29, 1.82) is 0 Å². The second kappa shape index (κ2) is 6.78. The Morgan fingerprint density at radius 2 is 2.33 bits per heavy atom. The summed E-state index contributed by atoms with van der Waals surface area (Å²) in [7, 11) is 0. The summed E-state index contributed by atoms with van der Waals surface area (Å²) in [5.74, 6) is -0.729. The monoisotopic (exact) mass is 294 g/mol. The smallest absolute Gasteiger partial charge is 0.339 e. The molecule has 6 nitrogen and oxygen atoms in total. The summed E-state index contributed by atoms with van der Waals surface area (Å²) in [5.41, 5.74) is 6.08. The molecule has 6 heteroatoms. The maximum atomic E-state index is 11.2. The number of carbonyl (C=O) groups is 1. The first-order chi connectivity index (χ1) is 9.97. The van der Waals surface area contributed by atoms with E-state index in [9.17, 15) is 4.79 Å². The molecule has 0 amide bonds. The summed E-state index contributed by atoms with van der Waals surface area (Å²) in [4.78, 5) is 13.5. The summed E-state index contributed by atoms with van der Waals surface area (Å²) >= 11 is 0. The molecule has 0 spiro atoms. The van der Waals surface area contributed by atoms with Gasteiger partial charge in [-0.25, -0.2) is 4.79 Å². The van der Waals surface area contributed by atoms with Crippen molar-refractivity contribution < 1.29 is 19.4 Å². The zero-order valence-electron chi connectivity index (χ0n) is 12.4. The van der Waals surface area contributed by atoms with Crippen LogP contribution in [0.5, 0.6) is 5.75 Å². The van der Waals surface area contributed by atoms with E-state index >= 15 is 0 Å². The normalized spacial score (nSPS) is 19.7. The van der Waals surface area contributed by atoms with Gasteiger partial charge >= 0.3 is 5.97 Å². The van der Waals surface area contributed by atoms with Gasteiger partial charge in [-0.15, -0.1) is 0 Å². The van der Waals surface area contributed by atoms with Crippen molar-refractivity contribution in [3.63, 3.8) is 0 Å². The summed E-state index contributed by atoms with van der Waals surface area (Å²) < 4.78 is 11.3. The Morgan fingerprint density at radius 1 is 1.57 bits per heavy atom. The van der Waals surface area contributed by atoms with Crippen LogP contribution in [0.1, 0.15) is 24.2 Å². The summed E-state index contributed by atoms with van der Waals surface area (Å²) in [5, 5.41) is 9.17. The maximum Gasteiger partial charge on any atom is 0.339 e. The Hall–Kier alpha value is -1.79. The van der Waals surface area contributed by atoms with E-state index in [1.807, 2.05) is 0 Å². The average molecular weight is 294 g/mol. The molecular weight excluding hydrogens is 272 g/mol. The largest absolute Gasteiger partial charge is 0.490 e. The Morgan fingerprint density at radius 3 is 3.00 bits per heavy atom. The highest BCUT2D eigenvalue weighted by atomic mass is 16.5. The number of ether oxygens (including phenoxy) is 2. The molecule has 0 saturated carbocycles. The summed E-state index contributed by atoms with van der Waals surface area (Å²) in [6.07, 6.45) is -0.0552. The molecule has 3 N–H and O–H groups in total. The standard InChI is InChI=1S/C15H22N2O4/c1-10(2)17-5-6-20-12(8-17)9-21-14-4-3-11(16)7-13(14)15(18)19/h3-4,7,10,12H,5-6,8-9,16H2,1-2H3,(H,18,19). The van der Waals surface area contributed by atoms with E-state index < -0.39 is 5.97 Å². The Kier molecular flexibility index (Phi) is 5.03. The molecule has 1 aromatic rings. The fraction of sp³-hybridized carbons (Fsp3) is 0.533. The Bertz CT molecular complexity index is 504. The summed E-state index contributed by atoms with van der Waals surface area (Å²) in [6, 6.07) is 5.08. The van der Waals surface area contributed by atoms with Gasteiger partial charge in [0.1, 0.15) is 24.0 Å². The number of rotatable bonds is 5. The highest BCUT2D eigenvalue weighted by Gasteiger charge is 2.23. The molecule has 1 aliphatic rings. The second-order valence-corrected chi connectivity index (χ2v) is 5.45. The Labute approximate surface area is 124 Å². The molecule has 1 atom stereocenters. The highest BCUT2D eigenvalue weighted by Crippen LogP contribution is 2.22. The minimum absolute atomic E-state index is 0.0552. The van der Waals surface area contributed by atoms with Crippen LogP contribution in [-0.2, 0) is 4.74 Å². The van der Waals surface area contributed by atoms with Gasteiger partial charge in [0.15, 0.2) is 0 Å². The van der Waals surface area contributed by atoms with Crippen LogP contribution < -0.4 is 10.5 Å². The van der Waals surface area contributed by atoms with Crippen molar-refractivity contribution >= 4 is 11.7 Å². The second-order valence-electron chi connectivity index (χ2n) is 5.45. The first kappa shape index (κ1) is 15.6. The third-order valence-electron chi connectivity index (χ3n) is 3.56. The third kappa shape index (κ3) is 4.09. The van der Waals surface area contributed by atoms with E-state index in [-0.39, 0.29) is 11.7 Å². The van der Waals surface area contributed by atoms with Crippen LogP contribution in [0.25, 0.3) is 0 Å². The predicted molar refractivity (Wildman–Crippen MR) is 79.8 cm³/mol. The number of hydrogen-bond acceptors (Lipinski definition) is 5. The fourth-order valence-electron chi connectivity index (χ4n) is 2.34. The average Bonchev–Trinajstić information content (AvgIpc) is 2.46. The van der Waals surface area contributed by atoms with Crippen LogP contribution in [0.15, 0.2) is 18.2 Å². The van der Waals surface area contributed by atoms with Crippen molar-refractivity contribution in [2.45, 2.75) is 26.0 Å². The van der Waals surface area contributed by atoms with Crippen molar-refractivity contribution in [2.75, 3.05) is 32.0 Å². The summed E-state index contributed by atoms with van der Waals surface area (Å²) in [6.45, 7) is 6.98. The van der Waals surface area contributed by atoms with E-state index in [0.717, 1.165) is 13.1 Å². The molecule has 1 heterocycles. The van der Waals surface area contributed by atoms with Crippen molar-refractivity contribution in [3.8, 4) is 5.75 Å². The SMILES string of the molecule is CC(C)N1CCOC(COc2ccc(N)cc2C(=O)O)C1. The van der Waals surface area contributed by atoms with Crippen LogP contribution in [-0.4, -0.2) is 54.4 Å². The van der Waals surface area contributed by atoms with Crippen LogP contribution in [0.4, 0.5) is 5.69 Å². The number of carboxylic acids is 1. The van der Waals surface area contributed by atoms with Gasteiger partial charge in [0.05, 0.1) is 6.61 Å². The zero-order valence-corrected chi connectivity index (χ0v) is 12.4. The van der Waals surface area contributed by atoms with Crippen molar-refractivity contribution in [2.24, 2.45) is 0 Å². The van der Waals surface area contributed by atoms with Gasteiger partial charge in [0.25, 0.3) is 0 Å². The molecule has 116 valence electrons. The molecule has 1 unspecified atom stereocenters. The number of aromatic carboxylic acids is 1. The van der Waals surface area contributed by atoms with Crippen LogP contribution >= 0.6 is 0 Å². The molecule has 1 aromatic carbocycles. The lowest BCUT2D eigenvalue weighted by molar-refractivity contribution is -0.0565. The van der Waals surface area contributed by atoms with Crippen LogP contribution in [0, 0.1) is 0 Å². The van der Waals surface area contributed by atoms with E-state index in [4.69, 9.17) is 20.3 Å². The first-order valence-corrected chi connectivity index (χ1v) is 7.08. The van der Waals surface area contributed by atoms with Crippen molar-refractivity contribution in [1.82, 2.24) is 4.90 Å². The van der Waals surface area contributed by atoms with Gasteiger partial charge in [0, 0.05) is 24.8 Å². The van der Waals surface area contributed by atoms with Crippen molar-refractivity contribution in [3.05, 3.63) is 23.8 Å². The number of nitrogens with two attached hydrogens (primary N) is 1. The molecular formula is C15H22N2O4. The van der Waals surface area contributed by atoms with Gasteiger partial charge in [-0.05, 0) is 32.0 Å². The molecule has 0 bridgehead atoms. The number of anilines is 1. The molecule has 0 radical (unpaired) electrons. The molecule has 2 rings (SSSR count). The van der Waals surface area contributed by atoms with Gasteiger partial charge in [-0.2, -0.15) is 0 Å². The number of benzene rings is 1. The highest BCUT2D eigenvalue weighted by molar-refractivity contribution is 5.92. The van der Waals surface area contributed by atoms with E-state index in [2.05, 4.69) is 18.7 Å². The number of nitrogens with zero attached hydrogens (tertiary/aromatic N) is 1. The fourth-order valence-corrected chi connectivity index (χ4v) is 2.34. The van der Waals surface area contributed by atoms with Gasteiger partial charge in [0.2, 0.25) is 0 Å². The van der Waals surface area contributed by atoms with E-state index in [0.29, 0.717) is 30.7 Å². The van der Waals surface area contributed by atoms with E-state index in [1.54, 1.807) is 12.1 Å². The van der Waals surface area contributed by atoms with Crippen LogP contribution in [0.3, 0.4) is 0 Å². The number of hydrogen-bond donors (Lipinski definition) is 2.